The van der Waals surface area contributed by atoms with Crippen molar-refractivity contribution < 1.29 is 9.53 Å². The fourth-order valence-electron chi connectivity index (χ4n) is 5.83. The van der Waals surface area contributed by atoms with Crippen LogP contribution in [0.3, 0.4) is 0 Å². The summed E-state index contributed by atoms with van der Waals surface area (Å²) in [6.07, 6.45) is 9.94. The van der Waals surface area contributed by atoms with E-state index in [1.54, 1.807) is 0 Å². The van der Waals surface area contributed by atoms with Crippen LogP contribution in [0, 0.1) is 28.6 Å². The second kappa shape index (κ2) is 6.20. The average Bonchev–Trinajstić information content (AvgIpc) is 2.53. The zero-order chi connectivity index (χ0) is 17.7. The van der Waals surface area contributed by atoms with Crippen LogP contribution >= 0.6 is 11.6 Å². The highest BCUT2D eigenvalue weighted by atomic mass is 35.5. The third-order valence-corrected chi connectivity index (χ3v) is 7.65. The Hall–Kier alpha value is -0.760. The Morgan fingerprint density at radius 1 is 1.33 bits per heavy atom. The van der Waals surface area contributed by atoms with Crippen LogP contribution in [0.15, 0.2) is 23.3 Å². The second-order valence-electron chi connectivity index (χ2n) is 8.82. The van der Waals surface area contributed by atoms with Crippen molar-refractivity contribution in [2.24, 2.45) is 28.6 Å². The molecule has 0 aliphatic heterocycles. The quantitative estimate of drug-likeness (QED) is 0.484. The van der Waals surface area contributed by atoms with Crippen LogP contribution in [0.25, 0.3) is 0 Å². The molecule has 1 saturated carbocycles. The van der Waals surface area contributed by atoms with Gasteiger partial charge in [0.05, 0.1) is 17.9 Å². The minimum atomic E-state index is -0.367. The molecule has 3 heteroatoms. The molecule has 0 aromatic heterocycles. The van der Waals surface area contributed by atoms with Crippen molar-refractivity contribution in [3.63, 3.8) is 0 Å². The van der Waals surface area contributed by atoms with Crippen LogP contribution in [-0.4, -0.2) is 18.5 Å². The summed E-state index contributed by atoms with van der Waals surface area (Å²) in [6, 6.07) is 0. The molecule has 3 rings (SSSR count). The molecule has 3 aliphatic carbocycles. The smallest absolute Gasteiger partial charge is 0.311 e. The highest BCUT2D eigenvalue weighted by molar-refractivity contribution is 6.22. The number of alkyl halides is 1. The summed E-state index contributed by atoms with van der Waals surface area (Å²) >= 11 is 6.76. The number of halogens is 1. The van der Waals surface area contributed by atoms with E-state index in [0.717, 1.165) is 25.7 Å². The molecule has 0 amide bonds. The third-order valence-electron chi connectivity index (χ3n) is 7.22. The Bertz CT molecular complexity index is 591. The molecule has 0 radical (unpaired) electrons. The van der Waals surface area contributed by atoms with E-state index < -0.39 is 0 Å². The summed E-state index contributed by atoms with van der Waals surface area (Å²) < 4.78 is 5.19. The molecule has 0 unspecified atom stereocenters. The number of carbonyl (C=O) groups excluding carboxylic acids is 1. The Morgan fingerprint density at radius 2 is 2.04 bits per heavy atom. The first-order valence-electron chi connectivity index (χ1n) is 9.38. The van der Waals surface area contributed by atoms with Crippen LogP contribution in [0.4, 0.5) is 0 Å². The Labute approximate surface area is 151 Å². The number of carbonyl (C=O) groups is 1. The van der Waals surface area contributed by atoms with Gasteiger partial charge in [-0.2, -0.15) is 0 Å². The van der Waals surface area contributed by atoms with E-state index in [-0.39, 0.29) is 22.2 Å². The van der Waals surface area contributed by atoms with E-state index in [1.807, 2.05) is 0 Å². The Morgan fingerprint density at radius 3 is 2.67 bits per heavy atom. The maximum atomic E-state index is 12.6. The Kier molecular flexibility index (Phi) is 4.66. The molecule has 2 nitrogen and oxygen atoms in total. The minimum Gasteiger partial charge on any atom is -0.469 e. The molecule has 0 bridgehead atoms. The zero-order valence-corrected chi connectivity index (χ0v) is 16.5. The van der Waals surface area contributed by atoms with Crippen molar-refractivity contribution in [1.29, 1.82) is 0 Å². The summed E-state index contributed by atoms with van der Waals surface area (Å²) in [4.78, 5) is 12.6. The predicted molar refractivity (Wildman–Crippen MR) is 98.9 cm³/mol. The SMILES string of the molecule is COC(=O)[C@]1(C)CCC[C@@]2(C)[C@H]1CC=C1C=C(C(C)C)[C@@H](Cl)C[C@@H]12. The summed E-state index contributed by atoms with van der Waals surface area (Å²) in [5, 5.41) is 0.119. The van der Waals surface area contributed by atoms with Gasteiger partial charge in [0.15, 0.2) is 0 Å². The fourth-order valence-corrected chi connectivity index (χ4v) is 6.33. The lowest BCUT2D eigenvalue weighted by molar-refractivity contribution is -0.166. The Balaban J connectivity index is 2.02. The van der Waals surface area contributed by atoms with Crippen molar-refractivity contribution >= 4 is 17.6 Å². The summed E-state index contributed by atoms with van der Waals surface area (Å²) in [5.41, 5.74) is 2.60. The molecular formula is C21H31ClO2. The van der Waals surface area contributed by atoms with Crippen LogP contribution in [0.5, 0.6) is 0 Å². The van der Waals surface area contributed by atoms with Gasteiger partial charge in [-0.1, -0.05) is 39.3 Å². The van der Waals surface area contributed by atoms with Gasteiger partial charge in [0.25, 0.3) is 0 Å². The first-order chi connectivity index (χ1) is 11.2. The van der Waals surface area contributed by atoms with Crippen molar-refractivity contribution in [2.45, 2.75) is 65.2 Å². The lowest BCUT2D eigenvalue weighted by Gasteiger charge is -2.57. The number of hydrogen-bond donors (Lipinski definition) is 0. The lowest BCUT2D eigenvalue weighted by atomic mass is 9.47. The van der Waals surface area contributed by atoms with E-state index in [9.17, 15) is 4.79 Å². The zero-order valence-electron chi connectivity index (χ0n) is 15.7. The second-order valence-corrected chi connectivity index (χ2v) is 9.34. The molecule has 0 heterocycles. The van der Waals surface area contributed by atoms with E-state index in [1.165, 1.54) is 24.7 Å². The molecule has 0 aromatic rings. The van der Waals surface area contributed by atoms with Gasteiger partial charge < -0.3 is 4.74 Å². The summed E-state index contributed by atoms with van der Waals surface area (Å²) in [5.74, 6) is 1.27. The van der Waals surface area contributed by atoms with E-state index >= 15 is 0 Å². The fraction of sp³-hybridized carbons (Fsp3) is 0.762. The monoisotopic (exact) mass is 350 g/mol. The van der Waals surface area contributed by atoms with Gasteiger partial charge in [0.2, 0.25) is 0 Å². The van der Waals surface area contributed by atoms with Crippen molar-refractivity contribution in [1.82, 2.24) is 0 Å². The van der Waals surface area contributed by atoms with Crippen LogP contribution in [0.1, 0.15) is 59.8 Å². The van der Waals surface area contributed by atoms with Gasteiger partial charge in [-0.15, -0.1) is 11.6 Å². The van der Waals surface area contributed by atoms with Crippen molar-refractivity contribution in [3.05, 3.63) is 23.3 Å². The number of allylic oxidation sites excluding steroid dienone is 4. The van der Waals surface area contributed by atoms with Gasteiger partial charge in [-0.3, -0.25) is 4.79 Å². The molecule has 5 atom stereocenters. The molecule has 0 saturated heterocycles. The number of hydrogen-bond acceptors (Lipinski definition) is 2. The van der Waals surface area contributed by atoms with Gasteiger partial charge >= 0.3 is 5.97 Å². The summed E-state index contributed by atoms with van der Waals surface area (Å²) in [7, 11) is 1.52. The first kappa shape index (κ1) is 18.0. The third kappa shape index (κ3) is 2.57. The average molecular weight is 351 g/mol. The van der Waals surface area contributed by atoms with E-state index in [0.29, 0.717) is 17.8 Å². The normalized spacial score (nSPS) is 41.9. The van der Waals surface area contributed by atoms with Gasteiger partial charge in [0, 0.05) is 0 Å². The first-order valence-corrected chi connectivity index (χ1v) is 9.81. The maximum Gasteiger partial charge on any atom is 0.311 e. The number of rotatable bonds is 2. The molecule has 0 spiro atoms. The number of ether oxygens (including phenoxy) is 1. The summed E-state index contributed by atoms with van der Waals surface area (Å²) in [6.45, 7) is 8.97. The molecule has 0 N–H and O–H groups in total. The topological polar surface area (TPSA) is 26.3 Å². The highest BCUT2D eigenvalue weighted by Crippen LogP contribution is 2.62. The molecule has 3 aliphatic rings. The van der Waals surface area contributed by atoms with Crippen LogP contribution < -0.4 is 0 Å². The molecule has 1 fully saturated rings. The molecule has 0 aromatic carbocycles. The number of methoxy groups -OCH3 is 1. The number of fused-ring (bicyclic) bond motifs is 3. The standard InChI is InChI=1S/C21H31ClO2/c1-13(2)15-11-14-7-8-18-20(3,16(14)12-17(15)22)9-6-10-21(18,4)19(23)24-5/h7,11,13,16-18H,6,8-10,12H2,1-5H3/t16-,17-,18+,20+,21+/m0/s1. The van der Waals surface area contributed by atoms with Crippen molar-refractivity contribution in [2.75, 3.05) is 7.11 Å². The largest absolute Gasteiger partial charge is 0.469 e. The lowest BCUT2D eigenvalue weighted by Crippen LogP contribution is -2.53. The van der Waals surface area contributed by atoms with Crippen molar-refractivity contribution in [3.8, 4) is 0 Å². The molecular weight excluding hydrogens is 320 g/mol. The van der Waals surface area contributed by atoms with E-state index in [4.69, 9.17) is 16.3 Å². The van der Waals surface area contributed by atoms with E-state index in [2.05, 4.69) is 39.8 Å². The molecule has 24 heavy (non-hydrogen) atoms. The number of esters is 1. The predicted octanol–water partition coefficient (Wildman–Crippen LogP) is 5.51. The van der Waals surface area contributed by atoms with Crippen LogP contribution in [-0.2, 0) is 9.53 Å². The van der Waals surface area contributed by atoms with Gasteiger partial charge in [-0.25, -0.2) is 0 Å². The molecule has 134 valence electrons. The van der Waals surface area contributed by atoms with Gasteiger partial charge in [-0.05, 0) is 66.9 Å². The highest BCUT2D eigenvalue weighted by Gasteiger charge is 2.58. The maximum absolute atomic E-state index is 12.6. The van der Waals surface area contributed by atoms with Crippen LogP contribution in [0.2, 0.25) is 0 Å². The minimum absolute atomic E-state index is 0.0353. The van der Waals surface area contributed by atoms with Gasteiger partial charge in [0.1, 0.15) is 0 Å².